The van der Waals surface area contributed by atoms with Crippen LogP contribution in [0.15, 0.2) is 17.3 Å². The van der Waals surface area contributed by atoms with Gasteiger partial charge in [-0.3, -0.25) is 4.68 Å². The largest absolute Gasteiger partial charge is 0.330 e. The number of nitrogens with zero attached hydrogens (tertiary/aromatic N) is 2. The summed E-state index contributed by atoms with van der Waals surface area (Å²) in [5, 5.41) is 4.23. The Hall–Kier alpha value is -0.880. The third-order valence-corrected chi connectivity index (χ3v) is 4.83. The Kier molecular flexibility index (Phi) is 4.07. The van der Waals surface area contributed by atoms with Gasteiger partial charge in [-0.1, -0.05) is 19.3 Å². The van der Waals surface area contributed by atoms with Gasteiger partial charge in [-0.2, -0.15) is 5.10 Å². The van der Waals surface area contributed by atoms with Gasteiger partial charge >= 0.3 is 0 Å². The zero-order valence-electron chi connectivity index (χ0n) is 10.7. The van der Waals surface area contributed by atoms with Gasteiger partial charge in [-0.05, 0) is 25.3 Å². The first-order chi connectivity index (χ1) is 8.52. The van der Waals surface area contributed by atoms with Gasteiger partial charge in [0, 0.05) is 12.5 Å². The Morgan fingerprint density at radius 3 is 2.72 bits per heavy atom. The van der Waals surface area contributed by atoms with Crippen molar-refractivity contribution >= 4 is 9.84 Å². The molecule has 1 aliphatic carbocycles. The Morgan fingerprint density at radius 1 is 1.39 bits per heavy atom. The molecule has 0 spiro atoms. The minimum atomic E-state index is -3.17. The molecule has 2 rings (SSSR count). The summed E-state index contributed by atoms with van der Waals surface area (Å²) in [5.74, 6) is 0.403. The molecule has 0 aliphatic heterocycles. The van der Waals surface area contributed by atoms with Crippen molar-refractivity contribution in [3.05, 3.63) is 12.4 Å². The molecule has 1 aromatic rings. The van der Waals surface area contributed by atoms with Crippen LogP contribution in [0.3, 0.4) is 0 Å². The van der Waals surface area contributed by atoms with Gasteiger partial charge in [-0.15, -0.1) is 0 Å². The molecule has 2 unspecified atom stereocenters. The average molecular weight is 271 g/mol. The number of nitrogens with two attached hydrogens (primary N) is 1. The van der Waals surface area contributed by atoms with Crippen LogP contribution in [0.25, 0.3) is 0 Å². The van der Waals surface area contributed by atoms with Crippen LogP contribution in [-0.2, 0) is 9.84 Å². The van der Waals surface area contributed by atoms with Crippen molar-refractivity contribution in [2.24, 2.45) is 11.7 Å². The maximum atomic E-state index is 11.5. The first kappa shape index (κ1) is 13.5. The Labute approximate surface area is 108 Å². The second kappa shape index (κ2) is 5.40. The molecule has 1 heterocycles. The lowest BCUT2D eigenvalue weighted by Gasteiger charge is -2.24. The van der Waals surface area contributed by atoms with Crippen LogP contribution < -0.4 is 5.73 Å². The zero-order valence-corrected chi connectivity index (χ0v) is 11.6. The van der Waals surface area contributed by atoms with E-state index in [1.807, 2.05) is 0 Å². The van der Waals surface area contributed by atoms with Crippen LogP contribution in [0.1, 0.15) is 38.1 Å². The summed E-state index contributed by atoms with van der Waals surface area (Å²) < 4.78 is 24.7. The Balaban J connectivity index is 2.25. The van der Waals surface area contributed by atoms with Crippen molar-refractivity contribution in [3.63, 3.8) is 0 Å². The SMILES string of the molecule is CS(=O)(=O)c1cnn(C2CCCCCC2CN)c1. The fourth-order valence-corrected chi connectivity index (χ4v) is 3.22. The smallest absolute Gasteiger partial charge is 0.178 e. The summed E-state index contributed by atoms with van der Waals surface area (Å²) in [6.07, 6.45) is 10.0. The van der Waals surface area contributed by atoms with E-state index in [2.05, 4.69) is 5.10 Å². The summed E-state index contributed by atoms with van der Waals surface area (Å²) in [7, 11) is -3.17. The molecule has 2 N–H and O–H groups in total. The standard InChI is InChI=1S/C12H21N3O2S/c1-18(16,17)11-8-14-15(9-11)12-6-4-2-3-5-10(12)7-13/h8-10,12H,2-7,13H2,1H3. The van der Waals surface area contributed by atoms with Gasteiger partial charge < -0.3 is 5.73 Å². The van der Waals surface area contributed by atoms with E-state index < -0.39 is 9.84 Å². The molecule has 0 saturated heterocycles. The van der Waals surface area contributed by atoms with Gasteiger partial charge in [0.1, 0.15) is 4.90 Å². The minimum Gasteiger partial charge on any atom is -0.330 e. The van der Waals surface area contributed by atoms with E-state index in [9.17, 15) is 8.42 Å². The minimum absolute atomic E-state index is 0.244. The molecule has 5 nitrogen and oxygen atoms in total. The topological polar surface area (TPSA) is 78.0 Å². The average Bonchev–Trinajstić information content (AvgIpc) is 2.68. The fourth-order valence-electron chi connectivity index (χ4n) is 2.68. The van der Waals surface area contributed by atoms with E-state index in [1.165, 1.54) is 25.3 Å². The first-order valence-electron chi connectivity index (χ1n) is 6.46. The van der Waals surface area contributed by atoms with Gasteiger partial charge in [0.2, 0.25) is 0 Å². The van der Waals surface area contributed by atoms with Crippen molar-refractivity contribution in [2.45, 2.75) is 43.0 Å². The van der Waals surface area contributed by atoms with Crippen molar-refractivity contribution < 1.29 is 8.42 Å². The molecule has 102 valence electrons. The maximum Gasteiger partial charge on any atom is 0.178 e. The van der Waals surface area contributed by atoms with Crippen molar-refractivity contribution in [1.82, 2.24) is 9.78 Å². The van der Waals surface area contributed by atoms with E-state index in [-0.39, 0.29) is 6.04 Å². The van der Waals surface area contributed by atoms with Crippen molar-refractivity contribution in [1.29, 1.82) is 0 Å². The summed E-state index contributed by atoms with van der Waals surface area (Å²) in [6, 6.07) is 0.244. The highest BCUT2D eigenvalue weighted by molar-refractivity contribution is 7.90. The quantitative estimate of drug-likeness (QED) is 0.842. The van der Waals surface area contributed by atoms with Crippen LogP contribution in [0.2, 0.25) is 0 Å². The summed E-state index contributed by atoms with van der Waals surface area (Å²) in [6.45, 7) is 0.638. The predicted octanol–water partition coefficient (Wildman–Crippen LogP) is 1.37. The molecule has 2 atom stereocenters. The molecule has 0 bridgehead atoms. The van der Waals surface area contributed by atoms with E-state index in [0.29, 0.717) is 17.4 Å². The molecule has 0 amide bonds. The Morgan fingerprint density at radius 2 is 2.11 bits per heavy atom. The molecular formula is C12H21N3O2S. The van der Waals surface area contributed by atoms with Crippen LogP contribution in [0.5, 0.6) is 0 Å². The molecule has 18 heavy (non-hydrogen) atoms. The van der Waals surface area contributed by atoms with Gasteiger partial charge in [0.05, 0.1) is 12.2 Å². The van der Waals surface area contributed by atoms with Crippen LogP contribution in [0, 0.1) is 5.92 Å². The number of aromatic nitrogens is 2. The lowest BCUT2D eigenvalue weighted by molar-refractivity contribution is 0.294. The first-order valence-corrected chi connectivity index (χ1v) is 8.36. The Bertz CT molecular complexity index is 495. The van der Waals surface area contributed by atoms with Crippen LogP contribution in [-0.4, -0.2) is 31.0 Å². The van der Waals surface area contributed by atoms with Gasteiger partial charge in [-0.25, -0.2) is 8.42 Å². The fraction of sp³-hybridized carbons (Fsp3) is 0.750. The molecular weight excluding hydrogens is 250 g/mol. The molecule has 1 aromatic heterocycles. The highest BCUT2D eigenvalue weighted by atomic mass is 32.2. The zero-order chi connectivity index (χ0) is 13.2. The normalized spacial score (nSPS) is 25.9. The van der Waals surface area contributed by atoms with Crippen molar-refractivity contribution in [3.8, 4) is 0 Å². The molecule has 1 fully saturated rings. The van der Waals surface area contributed by atoms with E-state index in [0.717, 1.165) is 19.3 Å². The van der Waals surface area contributed by atoms with E-state index in [1.54, 1.807) is 10.9 Å². The molecule has 0 radical (unpaired) electrons. The van der Waals surface area contributed by atoms with Gasteiger partial charge in [0.25, 0.3) is 0 Å². The number of sulfone groups is 1. The van der Waals surface area contributed by atoms with E-state index >= 15 is 0 Å². The molecule has 1 saturated carbocycles. The van der Waals surface area contributed by atoms with Gasteiger partial charge in [0.15, 0.2) is 9.84 Å². The predicted molar refractivity (Wildman–Crippen MR) is 70.0 cm³/mol. The summed E-state index contributed by atoms with van der Waals surface area (Å²) in [5.41, 5.74) is 5.83. The highest BCUT2D eigenvalue weighted by Gasteiger charge is 2.25. The van der Waals surface area contributed by atoms with E-state index in [4.69, 9.17) is 5.73 Å². The molecule has 6 heteroatoms. The third-order valence-electron chi connectivity index (χ3n) is 3.77. The van der Waals surface area contributed by atoms with Crippen molar-refractivity contribution in [2.75, 3.05) is 12.8 Å². The monoisotopic (exact) mass is 271 g/mol. The maximum absolute atomic E-state index is 11.5. The second-order valence-corrected chi connectivity index (χ2v) is 7.15. The van der Waals surface area contributed by atoms with Crippen LogP contribution in [0.4, 0.5) is 0 Å². The number of hydrogen-bond acceptors (Lipinski definition) is 4. The highest BCUT2D eigenvalue weighted by Crippen LogP contribution is 2.32. The van der Waals surface area contributed by atoms with Crippen LogP contribution >= 0.6 is 0 Å². The lowest BCUT2D eigenvalue weighted by Crippen LogP contribution is -2.25. The third kappa shape index (κ3) is 2.92. The number of hydrogen-bond donors (Lipinski definition) is 1. The molecule has 1 aliphatic rings. The second-order valence-electron chi connectivity index (χ2n) is 5.13. The summed E-state index contributed by atoms with van der Waals surface area (Å²) in [4.78, 5) is 0.294. The molecule has 0 aromatic carbocycles. The number of rotatable bonds is 3. The lowest BCUT2D eigenvalue weighted by atomic mass is 9.95. The summed E-state index contributed by atoms with van der Waals surface area (Å²) >= 11 is 0.